The maximum absolute atomic E-state index is 11.4. The van der Waals surface area contributed by atoms with E-state index >= 15 is 0 Å². The fourth-order valence-corrected chi connectivity index (χ4v) is 1.77. The van der Waals surface area contributed by atoms with Crippen molar-refractivity contribution in [1.29, 1.82) is 0 Å². The molecule has 5 nitrogen and oxygen atoms in total. The summed E-state index contributed by atoms with van der Waals surface area (Å²) in [5.74, 6) is -0.309. The van der Waals surface area contributed by atoms with Crippen LogP contribution in [-0.4, -0.2) is 30.3 Å². The van der Waals surface area contributed by atoms with Gasteiger partial charge in [-0.15, -0.1) is 0 Å². The highest BCUT2D eigenvalue weighted by molar-refractivity contribution is 5.88. The van der Waals surface area contributed by atoms with Crippen LogP contribution in [-0.2, 0) is 16.0 Å². The van der Waals surface area contributed by atoms with Crippen LogP contribution in [0.25, 0.3) is 0 Å². The van der Waals surface area contributed by atoms with Crippen LogP contribution >= 0.6 is 0 Å². The maximum atomic E-state index is 11.4. The fourth-order valence-electron chi connectivity index (χ4n) is 1.77. The summed E-state index contributed by atoms with van der Waals surface area (Å²) in [6.45, 7) is 6.69. The molecule has 1 rings (SSSR count). The number of esters is 1. The first-order chi connectivity index (χ1) is 9.93. The first-order valence-corrected chi connectivity index (χ1v) is 7.08. The third-order valence-corrected chi connectivity index (χ3v) is 2.78. The topological polar surface area (TPSA) is 72.8 Å². The van der Waals surface area contributed by atoms with E-state index in [0.29, 0.717) is 36.9 Å². The van der Waals surface area contributed by atoms with Gasteiger partial charge in [0, 0.05) is 6.42 Å². The van der Waals surface area contributed by atoms with E-state index in [2.05, 4.69) is 0 Å². The second kappa shape index (κ2) is 8.29. The normalized spacial score (nSPS) is 10.5. The molecule has 0 saturated carbocycles. The Morgan fingerprint density at radius 2 is 2.00 bits per heavy atom. The average Bonchev–Trinajstić information content (AvgIpc) is 2.43. The van der Waals surface area contributed by atoms with Crippen LogP contribution < -0.4 is 4.74 Å². The number of aromatic carboxylic acids is 1. The molecular weight excluding hydrogens is 272 g/mol. The number of hydrogen-bond donors (Lipinski definition) is 1. The molecule has 0 atom stereocenters. The molecule has 0 unspecified atom stereocenters. The molecule has 0 fully saturated rings. The van der Waals surface area contributed by atoms with Gasteiger partial charge >= 0.3 is 11.9 Å². The Kier molecular flexibility index (Phi) is 6.72. The minimum Gasteiger partial charge on any atom is -0.493 e. The highest BCUT2D eigenvalue weighted by atomic mass is 16.5. The maximum Gasteiger partial charge on any atom is 0.335 e. The van der Waals surface area contributed by atoms with Gasteiger partial charge in [-0.2, -0.15) is 0 Å². The number of ether oxygens (including phenoxy) is 2. The lowest BCUT2D eigenvalue weighted by molar-refractivity contribution is -0.143. The number of aryl methyl sites for hydroxylation is 1. The van der Waals surface area contributed by atoms with E-state index in [1.807, 2.05) is 13.8 Å². The van der Waals surface area contributed by atoms with Gasteiger partial charge < -0.3 is 14.6 Å². The first kappa shape index (κ1) is 17.0. The molecule has 0 aliphatic rings. The third kappa shape index (κ3) is 5.85. The lowest BCUT2D eigenvalue weighted by Gasteiger charge is -2.13. The minimum atomic E-state index is -0.997. The molecule has 1 N–H and O–H groups in total. The van der Waals surface area contributed by atoms with E-state index < -0.39 is 5.97 Å². The number of carbonyl (C=O) groups is 2. The number of carboxylic acids is 1. The van der Waals surface area contributed by atoms with E-state index in [1.165, 1.54) is 6.07 Å². The highest BCUT2D eigenvalue weighted by Gasteiger charge is 2.12. The van der Waals surface area contributed by atoms with Crippen LogP contribution in [0.2, 0.25) is 0 Å². The van der Waals surface area contributed by atoms with E-state index in [0.717, 1.165) is 0 Å². The Labute approximate surface area is 124 Å². The first-order valence-electron chi connectivity index (χ1n) is 7.08. The predicted molar refractivity (Wildman–Crippen MR) is 78.7 cm³/mol. The molecule has 21 heavy (non-hydrogen) atoms. The fraction of sp³-hybridized carbons (Fsp3) is 0.500. The Hall–Kier alpha value is -2.04. The summed E-state index contributed by atoms with van der Waals surface area (Å²) in [6.07, 6.45) is 0.600. The van der Waals surface area contributed by atoms with Crippen LogP contribution in [0.4, 0.5) is 0 Å². The van der Waals surface area contributed by atoms with Gasteiger partial charge in [-0.25, -0.2) is 4.79 Å². The van der Waals surface area contributed by atoms with Crippen LogP contribution in [0.5, 0.6) is 5.75 Å². The molecule has 0 spiro atoms. The zero-order chi connectivity index (χ0) is 15.8. The molecular formula is C16H22O5. The second-order valence-corrected chi connectivity index (χ2v) is 5.14. The smallest absolute Gasteiger partial charge is 0.335 e. The van der Waals surface area contributed by atoms with Crippen molar-refractivity contribution in [1.82, 2.24) is 0 Å². The number of benzene rings is 1. The zero-order valence-corrected chi connectivity index (χ0v) is 12.7. The molecule has 116 valence electrons. The molecule has 0 amide bonds. The highest BCUT2D eigenvalue weighted by Crippen LogP contribution is 2.23. The van der Waals surface area contributed by atoms with Crippen LogP contribution in [0, 0.1) is 5.92 Å². The van der Waals surface area contributed by atoms with Crippen molar-refractivity contribution in [2.45, 2.75) is 33.6 Å². The predicted octanol–water partition coefficient (Wildman–Crippen LogP) is 2.92. The van der Waals surface area contributed by atoms with Gasteiger partial charge in [0.1, 0.15) is 5.75 Å². The summed E-state index contributed by atoms with van der Waals surface area (Å²) in [4.78, 5) is 22.5. The van der Waals surface area contributed by atoms with Crippen molar-refractivity contribution < 1.29 is 24.2 Å². The van der Waals surface area contributed by atoms with Crippen molar-refractivity contribution >= 4 is 11.9 Å². The molecule has 0 radical (unpaired) electrons. The summed E-state index contributed by atoms with van der Waals surface area (Å²) < 4.78 is 10.6. The second-order valence-electron chi connectivity index (χ2n) is 5.14. The molecule has 1 aromatic rings. The molecule has 0 heterocycles. The van der Waals surface area contributed by atoms with Crippen LogP contribution in [0.1, 0.15) is 43.1 Å². The van der Waals surface area contributed by atoms with Gasteiger partial charge in [0.2, 0.25) is 0 Å². The molecule has 0 aromatic heterocycles. The molecule has 0 saturated heterocycles. The SMILES string of the molecule is CCOC(=O)CCc1cc(C(=O)O)ccc1OCC(C)C. The Bertz CT molecular complexity index is 493. The van der Waals surface area contributed by atoms with Crippen molar-refractivity contribution in [3.63, 3.8) is 0 Å². The molecule has 0 aliphatic carbocycles. The number of carbonyl (C=O) groups excluding carboxylic acids is 1. The lowest BCUT2D eigenvalue weighted by Crippen LogP contribution is -2.09. The average molecular weight is 294 g/mol. The van der Waals surface area contributed by atoms with Gasteiger partial charge in [-0.05, 0) is 43.0 Å². The van der Waals surface area contributed by atoms with Crippen molar-refractivity contribution in [2.75, 3.05) is 13.2 Å². The molecule has 0 bridgehead atoms. The zero-order valence-electron chi connectivity index (χ0n) is 12.7. The van der Waals surface area contributed by atoms with E-state index in [-0.39, 0.29) is 18.0 Å². The van der Waals surface area contributed by atoms with E-state index in [9.17, 15) is 9.59 Å². The summed E-state index contributed by atoms with van der Waals surface area (Å²) >= 11 is 0. The molecule has 0 aliphatic heterocycles. The molecule has 1 aromatic carbocycles. The largest absolute Gasteiger partial charge is 0.493 e. The third-order valence-electron chi connectivity index (χ3n) is 2.78. The monoisotopic (exact) mass is 294 g/mol. The Morgan fingerprint density at radius 1 is 1.29 bits per heavy atom. The van der Waals surface area contributed by atoms with Gasteiger partial charge in [-0.3, -0.25) is 4.79 Å². The lowest BCUT2D eigenvalue weighted by atomic mass is 10.0. The standard InChI is InChI=1S/C16H22O5/c1-4-20-15(17)8-6-12-9-13(16(18)19)5-7-14(12)21-10-11(2)3/h5,7,9,11H,4,6,8,10H2,1-3H3,(H,18,19). The Balaban J connectivity index is 2.86. The van der Waals surface area contributed by atoms with Crippen LogP contribution in [0.15, 0.2) is 18.2 Å². The summed E-state index contributed by atoms with van der Waals surface area (Å²) in [5, 5.41) is 9.05. The number of rotatable bonds is 8. The van der Waals surface area contributed by atoms with Gasteiger partial charge in [-0.1, -0.05) is 13.8 Å². The van der Waals surface area contributed by atoms with Gasteiger partial charge in [0.25, 0.3) is 0 Å². The quantitative estimate of drug-likeness (QED) is 0.746. The number of carboxylic acid groups (broad SMARTS) is 1. The van der Waals surface area contributed by atoms with Gasteiger partial charge in [0.15, 0.2) is 0 Å². The van der Waals surface area contributed by atoms with Crippen LogP contribution in [0.3, 0.4) is 0 Å². The van der Waals surface area contributed by atoms with E-state index in [4.69, 9.17) is 14.6 Å². The van der Waals surface area contributed by atoms with Gasteiger partial charge in [0.05, 0.1) is 18.8 Å². The van der Waals surface area contributed by atoms with E-state index in [1.54, 1.807) is 19.1 Å². The van der Waals surface area contributed by atoms with Crippen molar-refractivity contribution in [3.8, 4) is 5.75 Å². The minimum absolute atomic E-state index is 0.186. The summed E-state index contributed by atoms with van der Waals surface area (Å²) in [7, 11) is 0. The van der Waals surface area contributed by atoms with Crippen molar-refractivity contribution in [3.05, 3.63) is 29.3 Å². The van der Waals surface area contributed by atoms with Crippen molar-refractivity contribution in [2.24, 2.45) is 5.92 Å². The number of hydrogen-bond acceptors (Lipinski definition) is 4. The summed E-state index contributed by atoms with van der Waals surface area (Å²) in [6, 6.07) is 4.70. The Morgan fingerprint density at radius 3 is 2.57 bits per heavy atom. The summed E-state index contributed by atoms with van der Waals surface area (Å²) in [5.41, 5.74) is 0.898. The molecule has 5 heteroatoms.